The molecule has 0 unspecified atom stereocenters. The van der Waals surface area contributed by atoms with Crippen molar-refractivity contribution in [1.82, 2.24) is 9.97 Å². The molecule has 2 aromatic rings. The zero-order valence-electron chi connectivity index (χ0n) is 11.5. The Balaban J connectivity index is 2.18. The van der Waals surface area contributed by atoms with E-state index in [1.165, 1.54) is 0 Å². The van der Waals surface area contributed by atoms with Gasteiger partial charge >= 0.3 is 0 Å². The van der Waals surface area contributed by atoms with Gasteiger partial charge in [0.05, 0.1) is 17.1 Å². The van der Waals surface area contributed by atoms with Gasteiger partial charge in [0, 0.05) is 35.3 Å². The second-order valence-corrected chi connectivity index (χ2v) is 5.50. The molecule has 1 aromatic heterocycles. The summed E-state index contributed by atoms with van der Waals surface area (Å²) < 4.78 is 5.94. The lowest BCUT2D eigenvalue weighted by Crippen LogP contribution is -2.24. The molecular weight excluding hydrogens is 274 g/mol. The van der Waals surface area contributed by atoms with Gasteiger partial charge < -0.3 is 10.5 Å². The minimum Gasteiger partial charge on any atom is -0.488 e. The number of ether oxygens (including phenoxy) is 1. The smallest absolute Gasteiger partial charge is 0.132 e. The van der Waals surface area contributed by atoms with Gasteiger partial charge in [-0.15, -0.1) is 0 Å². The largest absolute Gasteiger partial charge is 0.488 e. The summed E-state index contributed by atoms with van der Waals surface area (Å²) in [5.74, 6) is 0.841. The van der Waals surface area contributed by atoms with E-state index in [0.29, 0.717) is 11.6 Å². The third-order valence-corrected chi connectivity index (χ3v) is 3.67. The van der Waals surface area contributed by atoms with Gasteiger partial charge in [-0.05, 0) is 26.0 Å². The van der Waals surface area contributed by atoms with E-state index in [0.717, 1.165) is 40.4 Å². The molecule has 0 fully saturated rings. The fourth-order valence-corrected chi connectivity index (χ4v) is 2.74. The zero-order valence-corrected chi connectivity index (χ0v) is 12.2. The highest BCUT2D eigenvalue weighted by atomic mass is 35.5. The van der Waals surface area contributed by atoms with Crippen molar-refractivity contribution in [3.05, 3.63) is 40.3 Å². The van der Waals surface area contributed by atoms with Crippen LogP contribution in [0.3, 0.4) is 0 Å². The molecule has 0 saturated carbocycles. The van der Waals surface area contributed by atoms with Gasteiger partial charge in [0.2, 0.25) is 0 Å². The molecule has 3 rings (SSSR count). The van der Waals surface area contributed by atoms with Crippen molar-refractivity contribution in [2.45, 2.75) is 26.4 Å². The first-order chi connectivity index (χ1) is 9.58. The lowest BCUT2D eigenvalue weighted by atomic mass is 10.0. The van der Waals surface area contributed by atoms with E-state index < -0.39 is 0 Å². The van der Waals surface area contributed by atoms with E-state index >= 15 is 0 Å². The van der Waals surface area contributed by atoms with Gasteiger partial charge in [0.25, 0.3) is 0 Å². The highest BCUT2D eigenvalue weighted by Gasteiger charge is 2.26. The number of fused-ring (bicyclic) bond motifs is 1. The monoisotopic (exact) mass is 289 g/mol. The number of halogens is 1. The Labute approximate surface area is 123 Å². The second-order valence-electron chi connectivity index (χ2n) is 5.07. The zero-order chi connectivity index (χ0) is 14.3. The molecule has 5 heteroatoms. The van der Waals surface area contributed by atoms with Gasteiger partial charge in [0.1, 0.15) is 11.9 Å². The van der Waals surface area contributed by atoms with Gasteiger partial charge in [-0.2, -0.15) is 0 Å². The molecule has 1 aliphatic heterocycles. The number of nitrogens with zero attached hydrogens (tertiary/aromatic N) is 2. The molecule has 0 spiro atoms. The average molecular weight is 290 g/mol. The van der Waals surface area contributed by atoms with E-state index in [1.54, 1.807) is 6.20 Å². The Bertz CT molecular complexity index is 672. The lowest BCUT2D eigenvalue weighted by Gasteiger charge is -2.12. The summed E-state index contributed by atoms with van der Waals surface area (Å²) in [7, 11) is 0. The van der Waals surface area contributed by atoms with Crippen LogP contribution in [0.15, 0.2) is 18.3 Å². The Morgan fingerprint density at radius 1 is 1.40 bits per heavy atom. The van der Waals surface area contributed by atoms with Gasteiger partial charge in [-0.25, -0.2) is 4.98 Å². The molecule has 0 aliphatic carbocycles. The number of benzene rings is 1. The summed E-state index contributed by atoms with van der Waals surface area (Å²) in [5.41, 5.74) is 10.2. The SMILES string of the molecule is Cc1cnc(C)c(-c2cc(Cl)cc3c2O[C@@H](CN)C3)n1. The number of aromatic nitrogens is 2. The minimum absolute atomic E-state index is 0.0142. The van der Waals surface area contributed by atoms with E-state index in [4.69, 9.17) is 22.1 Å². The number of rotatable bonds is 2. The Morgan fingerprint density at radius 3 is 2.95 bits per heavy atom. The molecule has 1 atom stereocenters. The van der Waals surface area contributed by atoms with Crippen molar-refractivity contribution in [1.29, 1.82) is 0 Å². The first-order valence-electron chi connectivity index (χ1n) is 6.58. The fourth-order valence-electron chi connectivity index (χ4n) is 2.49. The van der Waals surface area contributed by atoms with Crippen LogP contribution in [0.2, 0.25) is 5.02 Å². The van der Waals surface area contributed by atoms with Crippen LogP contribution in [-0.2, 0) is 6.42 Å². The average Bonchev–Trinajstić information content (AvgIpc) is 2.83. The predicted molar refractivity (Wildman–Crippen MR) is 79.1 cm³/mol. The molecular formula is C15H16ClN3O. The molecule has 104 valence electrons. The standard InChI is InChI=1S/C15H16ClN3O/c1-8-7-18-9(2)14(19-8)13-5-11(16)3-10-4-12(6-17)20-15(10)13/h3,5,7,12H,4,6,17H2,1-2H3/t12-/m1/s1. The molecule has 2 heterocycles. The molecule has 0 saturated heterocycles. The summed E-state index contributed by atoms with van der Waals surface area (Å²) in [6.07, 6.45) is 2.56. The first kappa shape index (κ1) is 13.3. The number of aryl methyl sites for hydroxylation is 2. The fraction of sp³-hybridized carbons (Fsp3) is 0.333. The topological polar surface area (TPSA) is 61.0 Å². The quantitative estimate of drug-likeness (QED) is 0.923. The van der Waals surface area contributed by atoms with E-state index in [9.17, 15) is 0 Å². The highest BCUT2D eigenvalue weighted by molar-refractivity contribution is 6.31. The molecule has 1 aromatic carbocycles. The summed E-state index contributed by atoms with van der Waals surface area (Å²) in [5, 5.41) is 0.683. The van der Waals surface area contributed by atoms with Crippen molar-refractivity contribution in [2.75, 3.05) is 6.54 Å². The minimum atomic E-state index is 0.0142. The number of hydrogen-bond acceptors (Lipinski definition) is 4. The summed E-state index contributed by atoms with van der Waals surface area (Å²) >= 11 is 6.23. The van der Waals surface area contributed by atoms with Crippen LogP contribution in [0.4, 0.5) is 0 Å². The van der Waals surface area contributed by atoms with Crippen molar-refractivity contribution >= 4 is 11.6 Å². The van der Waals surface area contributed by atoms with Crippen LogP contribution in [0.25, 0.3) is 11.3 Å². The van der Waals surface area contributed by atoms with E-state index in [2.05, 4.69) is 9.97 Å². The Kier molecular flexibility index (Phi) is 3.36. The molecule has 20 heavy (non-hydrogen) atoms. The number of hydrogen-bond donors (Lipinski definition) is 1. The lowest BCUT2D eigenvalue weighted by molar-refractivity contribution is 0.242. The third kappa shape index (κ3) is 2.25. The van der Waals surface area contributed by atoms with Crippen molar-refractivity contribution in [3.63, 3.8) is 0 Å². The van der Waals surface area contributed by atoms with E-state index in [-0.39, 0.29) is 6.10 Å². The van der Waals surface area contributed by atoms with E-state index in [1.807, 2.05) is 26.0 Å². The summed E-state index contributed by atoms with van der Waals surface area (Å²) in [6.45, 7) is 4.35. The predicted octanol–water partition coefficient (Wildman–Crippen LogP) is 2.68. The van der Waals surface area contributed by atoms with Crippen LogP contribution in [-0.4, -0.2) is 22.6 Å². The second kappa shape index (κ2) is 5.04. The van der Waals surface area contributed by atoms with Crippen molar-refractivity contribution in [2.24, 2.45) is 5.73 Å². The Morgan fingerprint density at radius 2 is 2.20 bits per heavy atom. The maximum Gasteiger partial charge on any atom is 0.132 e. The Hall–Kier alpha value is -1.65. The summed E-state index contributed by atoms with van der Waals surface area (Å²) in [6, 6.07) is 3.82. The normalized spacial score (nSPS) is 16.9. The van der Waals surface area contributed by atoms with Gasteiger partial charge in [0.15, 0.2) is 0 Å². The molecule has 0 radical (unpaired) electrons. The maximum absolute atomic E-state index is 6.23. The highest BCUT2D eigenvalue weighted by Crippen LogP contribution is 2.40. The molecule has 4 nitrogen and oxygen atoms in total. The van der Waals surface area contributed by atoms with Crippen LogP contribution in [0.1, 0.15) is 17.0 Å². The molecule has 0 bridgehead atoms. The van der Waals surface area contributed by atoms with Gasteiger partial charge in [-0.1, -0.05) is 11.6 Å². The number of nitrogens with two attached hydrogens (primary N) is 1. The first-order valence-corrected chi connectivity index (χ1v) is 6.96. The van der Waals surface area contributed by atoms with Crippen LogP contribution in [0.5, 0.6) is 5.75 Å². The van der Waals surface area contributed by atoms with Crippen molar-refractivity contribution < 1.29 is 4.74 Å². The van der Waals surface area contributed by atoms with Crippen LogP contribution in [0, 0.1) is 13.8 Å². The molecule has 2 N–H and O–H groups in total. The van der Waals surface area contributed by atoms with Crippen LogP contribution >= 0.6 is 11.6 Å². The maximum atomic E-state index is 6.23. The molecule has 1 aliphatic rings. The summed E-state index contributed by atoms with van der Waals surface area (Å²) in [4.78, 5) is 8.94. The van der Waals surface area contributed by atoms with Gasteiger partial charge in [-0.3, -0.25) is 4.98 Å². The molecule has 0 amide bonds. The van der Waals surface area contributed by atoms with Crippen LogP contribution < -0.4 is 10.5 Å². The third-order valence-electron chi connectivity index (χ3n) is 3.46. The van der Waals surface area contributed by atoms with Crippen molar-refractivity contribution in [3.8, 4) is 17.0 Å².